The molecule has 0 bridgehead atoms. The monoisotopic (exact) mass is 228 g/mol. The van der Waals surface area contributed by atoms with Crippen molar-refractivity contribution >= 4 is 24.5 Å². The average molecular weight is 228 g/mol. The highest BCUT2D eigenvalue weighted by Gasteiger charge is 2.23. The molecule has 0 radical (unpaired) electrons. The van der Waals surface area contributed by atoms with Crippen molar-refractivity contribution in [1.82, 2.24) is 0 Å². The molecule has 0 fully saturated rings. The van der Waals surface area contributed by atoms with Crippen molar-refractivity contribution in [3.05, 3.63) is 0 Å². The van der Waals surface area contributed by atoms with Gasteiger partial charge in [-0.2, -0.15) is 0 Å². The maximum Gasteiger partial charge on any atom is 0.324 e. The molecule has 0 aromatic carbocycles. The van der Waals surface area contributed by atoms with E-state index in [1.54, 1.807) is 20.8 Å². The third-order valence-electron chi connectivity index (χ3n) is 1.02. The van der Waals surface area contributed by atoms with Gasteiger partial charge in [0.05, 0.1) is 5.41 Å². The summed E-state index contributed by atoms with van der Waals surface area (Å²) in [6.07, 6.45) is 0. The minimum absolute atomic E-state index is 0.490. The summed E-state index contributed by atoms with van der Waals surface area (Å²) in [5.74, 6) is -0.490. The minimum Gasteiger partial charge on any atom is -0.438 e. The number of carbonyl (C=O) groups is 1. The molecular formula is C6H13O5PS. The number of hydrogen-bond donors (Lipinski definition) is 2. The molecule has 0 aromatic heterocycles. The lowest BCUT2D eigenvalue weighted by Gasteiger charge is -2.17. The molecule has 0 aliphatic carbocycles. The standard InChI is InChI=1S/C6H13O5PS/c1-6(2,3)5(7)10-4-11-12(8,9)13/h4H2,1-3H3,(H2,8,9,13). The second-order valence-electron chi connectivity index (χ2n) is 3.42. The summed E-state index contributed by atoms with van der Waals surface area (Å²) in [5.41, 5.74) is -0.642. The molecule has 0 rings (SSSR count). The molecule has 2 N–H and O–H groups in total. The zero-order valence-corrected chi connectivity index (χ0v) is 9.39. The molecule has 0 saturated carbocycles. The van der Waals surface area contributed by atoms with Gasteiger partial charge in [0.1, 0.15) is 0 Å². The quantitative estimate of drug-likeness (QED) is 0.422. The Kier molecular flexibility index (Phi) is 4.48. The van der Waals surface area contributed by atoms with Gasteiger partial charge in [-0.3, -0.25) is 9.32 Å². The van der Waals surface area contributed by atoms with Crippen LogP contribution in [0.4, 0.5) is 0 Å². The van der Waals surface area contributed by atoms with Crippen molar-refractivity contribution in [2.45, 2.75) is 20.8 Å². The molecule has 7 heteroatoms. The summed E-state index contributed by atoms with van der Waals surface area (Å²) in [5, 5.41) is 0. The van der Waals surface area contributed by atoms with Crippen LogP contribution in [0.25, 0.3) is 0 Å². The van der Waals surface area contributed by atoms with Crippen molar-refractivity contribution in [2.75, 3.05) is 6.79 Å². The third kappa shape index (κ3) is 7.10. The lowest BCUT2D eigenvalue weighted by molar-refractivity contribution is -0.159. The Hall–Kier alpha value is -0.0000000000000000833. The fraction of sp³-hybridized carbons (Fsp3) is 0.833. The number of hydrogen-bond acceptors (Lipinski definition) is 4. The topological polar surface area (TPSA) is 76.0 Å². The highest BCUT2D eigenvalue weighted by molar-refractivity contribution is 8.06. The predicted octanol–water partition coefficient (Wildman–Crippen LogP) is 0.759. The van der Waals surface area contributed by atoms with Gasteiger partial charge >= 0.3 is 12.7 Å². The summed E-state index contributed by atoms with van der Waals surface area (Å²) in [6.45, 7) is 0.764. The number of ether oxygens (including phenoxy) is 1. The van der Waals surface area contributed by atoms with Crippen LogP contribution < -0.4 is 0 Å². The first-order valence-corrected chi connectivity index (χ1v) is 6.13. The molecule has 0 aliphatic heterocycles. The van der Waals surface area contributed by atoms with E-state index in [2.05, 4.69) is 21.1 Å². The first-order chi connectivity index (χ1) is 5.63. The number of esters is 1. The highest BCUT2D eigenvalue weighted by Crippen LogP contribution is 2.36. The Balaban J connectivity index is 3.80. The Labute approximate surface area is 81.9 Å². The summed E-state index contributed by atoms with van der Waals surface area (Å²) in [4.78, 5) is 28.3. The summed E-state index contributed by atoms with van der Waals surface area (Å²) in [7, 11) is 0. The maximum absolute atomic E-state index is 11.1. The van der Waals surface area contributed by atoms with Gasteiger partial charge < -0.3 is 14.5 Å². The Morgan fingerprint density at radius 1 is 1.46 bits per heavy atom. The van der Waals surface area contributed by atoms with Gasteiger partial charge in [0.25, 0.3) is 0 Å². The van der Waals surface area contributed by atoms with Gasteiger partial charge in [-0.25, -0.2) is 0 Å². The van der Waals surface area contributed by atoms with Crippen molar-refractivity contribution in [3.63, 3.8) is 0 Å². The molecule has 0 spiro atoms. The van der Waals surface area contributed by atoms with E-state index in [1.165, 1.54) is 0 Å². The molecule has 5 nitrogen and oxygen atoms in total. The smallest absolute Gasteiger partial charge is 0.324 e. The zero-order chi connectivity index (χ0) is 10.7. The first kappa shape index (κ1) is 13.0. The third-order valence-corrected chi connectivity index (χ3v) is 1.78. The van der Waals surface area contributed by atoms with Crippen molar-refractivity contribution in [1.29, 1.82) is 0 Å². The SMILES string of the molecule is CC(C)(C)C(=O)OCOP(O)(O)=S. The molecule has 0 atom stereocenters. The van der Waals surface area contributed by atoms with Crippen LogP contribution in [0.3, 0.4) is 0 Å². The molecule has 0 unspecified atom stereocenters. The van der Waals surface area contributed by atoms with E-state index in [1.807, 2.05) is 0 Å². The van der Waals surface area contributed by atoms with Gasteiger partial charge in [-0.1, -0.05) is 0 Å². The second-order valence-corrected chi connectivity index (χ2v) is 6.09. The summed E-state index contributed by atoms with van der Waals surface area (Å²) < 4.78 is 8.85. The van der Waals surface area contributed by atoms with Gasteiger partial charge in [-0.05, 0) is 32.6 Å². The zero-order valence-electron chi connectivity index (χ0n) is 7.68. The van der Waals surface area contributed by atoms with Crippen molar-refractivity contribution in [3.8, 4) is 0 Å². The molecule has 0 heterocycles. The molecule has 0 saturated heterocycles. The summed E-state index contributed by atoms with van der Waals surface area (Å²) in [6, 6.07) is 0. The summed E-state index contributed by atoms with van der Waals surface area (Å²) >= 11 is 4.14. The Morgan fingerprint density at radius 2 is 1.92 bits per heavy atom. The fourth-order valence-electron chi connectivity index (χ4n) is 0.365. The van der Waals surface area contributed by atoms with E-state index in [0.717, 1.165) is 0 Å². The molecule has 13 heavy (non-hydrogen) atoms. The van der Waals surface area contributed by atoms with E-state index >= 15 is 0 Å². The molecule has 0 aromatic rings. The Morgan fingerprint density at radius 3 is 2.23 bits per heavy atom. The molecule has 0 aliphatic rings. The number of carbonyl (C=O) groups excluding carboxylic acids is 1. The van der Waals surface area contributed by atoms with Crippen LogP contribution in [0.5, 0.6) is 0 Å². The van der Waals surface area contributed by atoms with Gasteiger partial charge in [0.15, 0.2) is 0 Å². The second kappa shape index (κ2) is 4.48. The van der Waals surface area contributed by atoms with Crippen LogP contribution in [-0.4, -0.2) is 22.5 Å². The van der Waals surface area contributed by atoms with Crippen LogP contribution in [0.1, 0.15) is 20.8 Å². The molecule has 78 valence electrons. The first-order valence-electron chi connectivity index (χ1n) is 3.50. The van der Waals surface area contributed by atoms with Crippen LogP contribution in [-0.2, 0) is 25.9 Å². The van der Waals surface area contributed by atoms with Crippen molar-refractivity contribution in [2.24, 2.45) is 5.41 Å². The Bertz CT molecular complexity index is 228. The van der Waals surface area contributed by atoms with E-state index < -0.39 is 24.9 Å². The minimum atomic E-state index is -3.72. The van der Waals surface area contributed by atoms with Crippen LogP contribution in [0.15, 0.2) is 0 Å². The van der Waals surface area contributed by atoms with E-state index in [9.17, 15) is 4.79 Å². The van der Waals surface area contributed by atoms with E-state index in [-0.39, 0.29) is 0 Å². The molecular weight excluding hydrogens is 215 g/mol. The lowest BCUT2D eigenvalue weighted by Crippen LogP contribution is -2.23. The van der Waals surface area contributed by atoms with E-state index in [0.29, 0.717) is 0 Å². The van der Waals surface area contributed by atoms with Gasteiger partial charge in [0.2, 0.25) is 6.79 Å². The van der Waals surface area contributed by atoms with Gasteiger partial charge in [-0.15, -0.1) is 0 Å². The normalized spacial score (nSPS) is 12.7. The molecule has 0 amide bonds. The predicted molar refractivity (Wildman–Crippen MR) is 50.2 cm³/mol. The largest absolute Gasteiger partial charge is 0.438 e. The lowest BCUT2D eigenvalue weighted by atomic mass is 9.98. The maximum atomic E-state index is 11.1. The fourth-order valence-corrected chi connectivity index (χ4v) is 0.684. The van der Waals surface area contributed by atoms with Crippen LogP contribution in [0.2, 0.25) is 0 Å². The number of rotatable bonds is 3. The van der Waals surface area contributed by atoms with Crippen LogP contribution >= 0.6 is 6.72 Å². The average Bonchev–Trinajstić information content (AvgIpc) is 1.82. The van der Waals surface area contributed by atoms with Crippen molar-refractivity contribution < 1.29 is 23.8 Å². The highest BCUT2D eigenvalue weighted by atomic mass is 32.5. The van der Waals surface area contributed by atoms with Crippen LogP contribution in [0, 0.1) is 5.41 Å². The van der Waals surface area contributed by atoms with E-state index in [4.69, 9.17) is 9.79 Å². The van der Waals surface area contributed by atoms with Gasteiger partial charge in [0, 0.05) is 0 Å².